The predicted octanol–water partition coefficient (Wildman–Crippen LogP) is 4.75. The van der Waals surface area contributed by atoms with Crippen LogP contribution in [-0.4, -0.2) is 31.7 Å². The van der Waals surface area contributed by atoms with Gasteiger partial charge in [0.1, 0.15) is 0 Å². The normalized spacial score (nSPS) is 45.8. The molecule has 4 aliphatic rings. The number of rotatable bonds is 6. The van der Waals surface area contributed by atoms with Crippen LogP contribution in [0, 0.1) is 46.8 Å². The minimum Gasteiger partial charge on any atom is -0.393 e. The molecule has 0 radical (unpaired) electrons. The highest BCUT2D eigenvalue weighted by molar-refractivity contribution is 5.10. The lowest BCUT2D eigenvalue weighted by molar-refractivity contribution is -0.111. The van der Waals surface area contributed by atoms with Gasteiger partial charge >= 0.3 is 0 Å². The fourth-order valence-electron chi connectivity index (χ4n) is 9.76. The van der Waals surface area contributed by atoms with Gasteiger partial charge in [0.25, 0.3) is 0 Å². The Morgan fingerprint density at radius 1 is 1.18 bits per heavy atom. The molecule has 1 aromatic rings. The fraction of sp³-hybridized carbons (Fsp3) is 0.893. The van der Waals surface area contributed by atoms with E-state index in [4.69, 9.17) is 5.73 Å². The molecule has 0 amide bonds. The van der Waals surface area contributed by atoms with E-state index < -0.39 is 5.60 Å². The highest BCUT2D eigenvalue weighted by Crippen LogP contribution is 2.65. The Kier molecular flexibility index (Phi) is 6.46. The van der Waals surface area contributed by atoms with Crippen LogP contribution in [0.5, 0.6) is 0 Å². The van der Waals surface area contributed by atoms with Crippen molar-refractivity contribution in [2.24, 2.45) is 52.6 Å². The second kappa shape index (κ2) is 8.95. The van der Waals surface area contributed by atoms with Crippen LogP contribution in [0.2, 0.25) is 0 Å². The molecular formula is C28H47N3O2. The van der Waals surface area contributed by atoms with Crippen molar-refractivity contribution in [1.29, 1.82) is 0 Å². The number of aliphatic hydroxyl groups is 2. The quantitative estimate of drug-likeness (QED) is 0.576. The zero-order chi connectivity index (χ0) is 23.4. The molecule has 0 saturated heterocycles. The highest BCUT2D eigenvalue weighted by atomic mass is 16.3. The molecule has 1 heterocycles. The number of aliphatic hydroxyl groups excluding tert-OH is 1. The molecule has 5 heteroatoms. The first kappa shape index (κ1) is 23.8. The Hall–Kier alpha value is -0.910. The van der Waals surface area contributed by atoms with Crippen molar-refractivity contribution < 1.29 is 10.2 Å². The third kappa shape index (κ3) is 4.10. The third-order valence-corrected chi connectivity index (χ3v) is 10.9. The van der Waals surface area contributed by atoms with Gasteiger partial charge in [-0.05, 0) is 105 Å². The zero-order valence-electron chi connectivity index (χ0n) is 21.1. The number of hydrogen-bond acceptors (Lipinski definition) is 4. The molecule has 0 aliphatic heterocycles. The second-order valence-electron chi connectivity index (χ2n) is 12.8. The number of nitrogens with two attached hydrogens (primary N) is 1. The topological polar surface area (TPSA) is 84.3 Å². The monoisotopic (exact) mass is 457 g/mol. The van der Waals surface area contributed by atoms with Gasteiger partial charge in [0.05, 0.1) is 17.9 Å². The second-order valence-corrected chi connectivity index (χ2v) is 12.8. The van der Waals surface area contributed by atoms with Gasteiger partial charge < -0.3 is 15.9 Å². The zero-order valence-corrected chi connectivity index (χ0v) is 21.1. The summed E-state index contributed by atoms with van der Waals surface area (Å²) in [5.41, 5.74) is 6.69. The van der Waals surface area contributed by atoms with Crippen molar-refractivity contribution in [3.05, 3.63) is 18.0 Å². The summed E-state index contributed by atoms with van der Waals surface area (Å²) in [7, 11) is 0. The van der Waals surface area contributed by atoms with E-state index in [0.29, 0.717) is 24.3 Å². The third-order valence-electron chi connectivity index (χ3n) is 10.9. The summed E-state index contributed by atoms with van der Waals surface area (Å²) in [6.45, 7) is 8.42. The standard InChI is InChI=1S/C28H47N3O2/c1-4-9-28(33)11-8-21-20(13-28)5-6-23-22(21)7-10-27(3)24(23)12-25(32)26(27)18(2)16-31-17-19(14-29)15-30-31/h15,17-18,20-26,32-33H,4-14,16,29H2,1-3H3/t18-,20+,21-,22+,23+,24-,25+,26?,27-,28+/m0/s1. The van der Waals surface area contributed by atoms with Crippen LogP contribution in [-0.2, 0) is 13.1 Å². The van der Waals surface area contributed by atoms with Crippen molar-refractivity contribution >= 4 is 0 Å². The Labute approximate surface area is 200 Å². The average molecular weight is 458 g/mol. The summed E-state index contributed by atoms with van der Waals surface area (Å²) >= 11 is 0. The van der Waals surface area contributed by atoms with Crippen molar-refractivity contribution in [2.45, 2.75) is 110 Å². The summed E-state index contributed by atoms with van der Waals surface area (Å²) < 4.78 is 2.03. The molecule has 0 bridgehead atoms. The molecule has 4 fully saturated rings. The summed E-state index contributed by atoms with van der Waals surface area (Å²) in [4.78, 5) is 0. The van der Waals surface area contributed by atoms with E-state index in [1.807, 2.05) is 10.9 Å². The van der Waals surface area contributed by atoms with Gasteiger partial charge in [-0.2, -0.15) is 5.10 Å². The first-order chi connectivity index (χ1) is 15.8. The maximum Gasteiger partial charge on any atom is 0.0650 e. The number of aromatic nitrogens is 2. The minimum absolute atomic E-state index is 0.197. The van der Waals surface area contributed by atoms with Crippen LogP contribution in [0.4, 0.5) is 0 Å². The van der Waals surface area contributed by atoms with Crippen LogP contribution in [0.3, 0.4) is 0 Å². The summed E-state index contributed by atoms with van der Waals surface area (Å²) in [5, 5.41) is 27.0. The maximum atomic E-state index is 11.4. The summed E-state index contributed by atoms with van der Waals surface area (Å²) in [6, 6.07) is 0. The molecular weight excluding hydrogens is 410 g/mol. The van der Waals surface area contributed by atoms with Crippen LogP contribution in [0.15, 0.2) is 12.4 Å². The highest BCUT2D eigenvalue weighted by Gasteiger charge is 2.61. The Balaban J connectivity index is 1.30. The lowest BCUT2D eigenvalue weighted by atomic mass is 9.48. The van der Waals surface area contributed by atoms with Crippen LogP contribution < -0.4 is 5.73 Å². The Morgan fingerprint density at radius 2 is 1.97 bits per heavy atom. The van der Waals surface area contributed by atoms with E-state index in [1.54, 1.807) is 0 Å². The van der Waals surface area contributed by atoms with E-state index in [0.717, 1.165) is 67.9 Å². The number of hydrogen-bond donors (Lipinski definition) is 3. The van der Waals surface area contributed by atoms with Crippen LogP contribution >= 0.6 is 0 Å². The average Bonchev–Trinajstić information content (AvgIpc) is 3.33. The molecule has 1 aromatic heterocycles. The van der Waals surface area contributed by atoms with E-state index >= 15 is 0 Å². The van der Waals surface area contributed by atoms with Crippen LogP contribution in [0.25, 0.3) is 0 Å². The molecule has 5 rings (SSSR count). The first-order valence-corrected chi connectivity index (χ1v) is 13.9. The molecule has 4 N–H and O–H groups in total. The summed E-state index contributed by atoms with van der Waals surface area (Å²) in [5.74, 6) is 4.49. The number of nitrogens with zero attached hydrogens (tertiary/aromatic N) is 2. The van der Waals surface area contributed by atoms with Crippen molar-refractivity contribution in [3.8, 4) is 0 Å². The van der Waals surface area contributed by atoms with E-state index in [-0.39, 0.29) is 11.5 Å². The van der Waals surface area contributed by atoms with E-state index in [9.17, 15) is 10.2 Å². The largest absolute Gasteiger partial charge is 0.393 e. The molecule has 4 aliphatic carbocycles. The van der Waals surface area contributed by atoms with Crippen molar-refractivity contribution in [3.63, 3.8) is 0 Å². The summed E-state index contributed by atoms with van der Waals surface area (Å²) in [6.07, 6.45) is 15.2. The van der Waals surface area contributed by atoms with Gasteiger partial charge in [0.2, 0.25) is 0 Å². The van der Waals surface area contributed by atoms with Crippen LogP contribution in [0.1, 0.15) is 90.5 Å². The smallest absolute Gasteiger partial charge is 0.0650 e. The molecule has 0 spiro atoms. The number of fused-ring (bicyclic) bond motifs is 5. The first-order valence-electron chi connectivity index (χ1n) is 13.9. The van der Waals surface area contributed by atoms with Gasteiger partial charge in [-0.3, -0.25) is 4.68 Å². The van der Waals surface area contributed by atoms with Gasteiger partial charge in [-0.15, -0.1) is 0 Å². The van der Waals surface area contributed by atoms with Gasteiger partial charge in [0.15, 0.2) is 0 Å². The molecule has 10 atom stereocenters. The Morgan fingerprint density at radius 3 is 2.70 bits per heavy atom. The SMILES string of the molecule is CCC[C@@]1(O)CC[C@H]2[C@H](CC[C@@H]3[C@@H]2CC[C@]2(C)C([C@@H](C)Cn4cc(CN)cn4)[C@H](O)C[C@@H]32)C1. The van der Waals surface area contributed by atoms with Gasteiger partial charge in [-0.1, -0.05) is 27.2 Å². The molecule has 1 unspecified atom stereocenters. The van der Waals surface area contributed by atoms with E-state index in [2.05, 4.69) is 32.1 Å². The molecule has 186 valence electrons. The van der Waals surface area contributed by atoms with Gasteiger partial charge in [0, 0.05) is 24.8 Å². The molecule has 0 aromatic carbocycles. The lowest BCUT2D eigenvalue weighted by Crippen LogP contribution is -2.51. The minimum atomic E-state index is -0.397. The molecule has 4 saturated carbocycles. The Bertz CT molecular complexity index is 826. The van der Waals surface area contributed by atoms with E-state index in [1.165, 1.54) is 32.1 Å². The van der Waals surface area contributed by atoms with Crippen molar-refractivity contribution in [2.75, 3.05) is 0 Å². The van der Waals surface area contributed by atoms with Crippen molar-refractivity contribution in [1.82, 2.24) is 9.78 Å². The molecule has 33 heavy (non-hydrogen) atoms. The fourth-order valence-corrected chi connectivity index (χ4v) is 9.76. The molecule has 5 nitrogen and oxygen atoms in total. The lowest BCUT2D eigenvalue weighted by Gasteiger charge is -2.57. The van der Waals surface area contributed by atoms with Gasteiger partial charge in [-0.25, -0.2) is 0 Å². The maximum absolute atomic E-state index is 11.4. The predicted molar refractivity (Wildman–Crippen MR) is 131 cm³/mol.